The number of methoxy groups -OCH3 is 1. The first-order valence-corrected chi connectivity index (χ1v) is 8.63. The lowest BCUT2D eigenvalue weighted by Gasteiger charge is -2.25. The van der Waals surface area contributed by atoms with Crippen molar-refractivity contribution < 1.29 is 19.1 Å². The van der Waals surface area contributed by atoms with Crippen LogP contribution in [0.4, 0.5) is 10.5 Å². The van der Waals surface area contributed by atoms with E-state index in [1.807, 2.05) is 25.1 Å². The minimum atomic E-state index is -1.14. The molecule has 7 heteroatoms. The van der Waals surface area contributed by atoms with Gasteiger partial charge < -0.3 is 15.4 Å². The number of nitrogens with zero attached hydrogens (tertiary/aromatic N) is 1. The molecule has 2 aromatic rings. The van der Waals surface area contributed by atoms with Crippen molar-refractivity contribution in [3.05, 3.63) is 60.2 Å². The third-order valence-corrected chi connectivity index (χ3v) is 4.63. The number of amides is 4. The lowest BCUT2D eigenvalue weighted by Crippen LogP contribution is -2.44. The third-order valence-electron chi connectivity index (χ3n) is 4.63. The van der Waals surface area contributed by atoms with E-state index in [0.717, 1.165) is 4.90 Å². The van der Waals surface area contributed by atoms with Crippen molar-refractivity contribution in [3.8, 4) is 5.75 Å². The number of hydrogen-bond donors (Lipinski definition) is 2. The van der Waals surface area contributed by atoms with Crippen molar-refractivity contribution in [2.24, 2.45) is 0 Å². The minimum Gasteiger partial charge on any atom is -0.497 e. The van der Waals surface area contributed by atoms with Gasteiger partial charge in [0.25, 0.3) is 5.91 Å². The van der Waals surface area contributed by atoms with E-state index in [-0.39, 0.29) is 6.54 Å². The smallest absolute Gasteiger partial charge is 0.325 e. The van der Waals surface area contributed by atoms with Crippen LogP contribution in [0.25, 0.3) is 0 Å². The van der Waals surface area contributed by atoms with E-state index in [9.17, 15) is 14.4 Å². The summed E-state index contributed by atoms with van der Waals surface area (Å²) >= 11 is 0. The molecule has 0 radical (unpaired) electrons. The van der Waals surface area contributed by atoms with Crippen molar-refractivity contribution in [3.63, 3.8) is 0 Å². The number of hydrogen-bond acceptors (Lipinski definition) is 4. The van der Waals surface area contributed by atoms with Gasteiger partial charge in [0.2, 0.25) is 5.91 Å². The van der Waals surface area contributed by atoms with Gasteiger partial charge in [0, 0.05) is 11.8 Å². The van der Waals surface area contributed by atoms with Gasteiger partial charge in [-0.05, 0) is 24.1 Å². The Kier molecular flexibility index (Phi) is 5.12. The van der Waals surface area contributed by atoms with Crippen molar-refractivity contribution in [1.29, 1.82) is 0 Å². The second-order valence-electron chi connectivity index (χ2n) is 6.23. The van der Waals surface area contributed by atoms with Crippen LogP contribution in [0.2, 0.25) is 0 Å². The van der Waals surface area contributed by atoms with Crippen LogP contribution in [0.3, 0.4) is 0 Å². The monoisotopic (exact) mass is 367 g/mol. The van der Waals surface area contributed by atoms with E-state index in [4.69, 9.17) is 4.74 Å². The van der Waals surface area contributed by atoms with Crippen LogP contribution in [-0.4, -0.2) is 36.4 Å². The van der Waals surface area contributed by atoms with Crippen LogP contribution in [0, 0.1) is 0 Å². The molecule has 1 fully saturated rings. The van der Waals surface area contributed by atoms with Gasteiger partial charge in [0.15, 0.2) is 0 Å². The second-order valence-corrected chi connectivity index (χ2v) is 6.23. The first-order chi connectivity index (χ1) is 13.0. The molecule has 0 saturated carbocycles. The number of carbonyl (C=O) groups is 3. The number of rotatable bonds is 6. The van der Waals surface area contributed by atoms with Crippen molar-refractivity contribution >= 4 is 23.5 Å². The Labute approximate surface area is 157 Å². The van der Waals surface area contributed by atoms with Crippen LogP contribution < -0.4 is 15.4 Å². The van der Waals surface area contributed by atoms with Crippen LogP contribution in [-0.2, 0) is 15.1 Å². The highest BCUT2D eigenvalue weighted by atomic mass is 16.5. The quantitative estimate of drug-likeness (QED) is 0.768. The fourth-order valence-corrected chi connectivity index (χ4v) is 3.18. The summed E-state index contributed by atoms with van der Waals surface area (Å²) in [5.74, 6) is -0.300. The number of anilines is 1. The summed E-state index contributed by atoms with van der Waals surface area (Å²) in [6.45, 7) is 1.46. The Morgan fingerprint density at radius 1 is 1.15 bits per heavy atom. The first kappa shape index (κ1) is 18.4. The van der Waals surface area contributed by atoms with Crippen molar-refractivity contribution in [2.75, 3.05) is 19.0 Å². The molecule has 1 saturated heterocycles. The zero-order chi connectivity index (χ0) is 19.4. The summed E-state index contributed by atoms with van der Waals surface area (Å²) in [5, 5.41) is 5.44. The molecule has 4 amide bonds. The van der Waals surface area contributed by atoms with E-state index in [2.05, 4.69) is 10.6 Å². The Hall–Kier alpha value is -3.35. The van der Waals surface area contributed by atoms with Gasteiger partial charge in [-0.3, -0.25) is 14.5 Å². The fourth-order valence-electron chi connectivity index (χ4n) is 3.18. The molecule has 2 N–H and O–H groups in total. The average Bonchev–Trinajstić information content (AvgIpc) is 2.94. The molecule has 1 unspecified atom stereocenters. The van der Waals surface area contributed by atoms with Gasteiger partial charge >= 0.3 is 6.03 Å². The topological polar surface area (TPSA) is 87.7 Å². The maximum absolute atomic E-state index is 13.0. The molecule has 3 rings (SSSR count). The van der Waals surface area contributed by atoms with Gasteiger partial charge in [-0.15, -0.1) is 0 Å². The predicted molar refractivity (Wildman–Crippen MR) is 100 cm³/mol. The molecular formula is C20H21N3O4. The number of imide groups is 1. The van der Waals surface area contributed by atoms with E-state index in [1.54, 1.807) is 36.4 Å². The highest BCUT2D eigenvalue weighted by molar-refractivity contribution is 6.10. The summed E-state index contributed by atoms with van der Waals surface area (Å²) in [5.41, 5.74) is 0.0759. The van der Waals surface area contributed by atoms with Crippen LogP contribution >= 0.6 is 0 Å². The summed E-state index contributed by atoms with van der Waals surface area (Å²) in [6.07, 6.45) is 0.385. The van der Waals surface area contributed by atoms with E-state index in [0.29, 0.717) is 23.4 Å². The molecule has 7 nitrogen and oxygen atoms in total. The SMILES string of the molecule is CCC1(c2ccccc2)NC(=O)N(CC(=O)Nc2cccc(OC)c2)C1=O. The molecule has 1 atom stereocenters. The van der Waals surface area contributed by atoms with Crippen LogP contribution in [0.15, 0.2) is 54.6 Å². The van der Waals surface area contributed by atoms with E-state index < -0.39 is 23.4 Å². The Morgan fingerprint density at radius 2 is 1.89 bits per heavy atom. The summed E-state index contributed by atoms with van der Waals surface area (Å²) < 4.78 is 5.11. The highest BCUT2D eigenvalue weighted by Gasteiger charge is 2.51. The summed E-state index contributed by atoms with van der Waals surface area (Å²) in [6, 6.07) is 15.3. The molecule has 0 bridgehead atoms. The summed E-state index contributed by atoms with van der Waals surface area (Å²) in [4.78, 5) is 38.7. The molecule has 2 aromatic carbocycles. The molecule has 0 spiro atoms. The van der Waals surface area contributed by atoms with Gasteiger partial charge in [0.1, 0.15) is 17.8 Å². The van der Waals surface area contributed by atoms with E-state index in [1.165, 1.54) is 7.11 Å². The van der Waals surface area contributed by atoms with Crippen LogP contribution in [0.1, 0.15) is 18.9 Å². The number of urea groups is 1. The zero-order valence-electron chi connectivity index (χ0n) is 15.2. The first-order valence-electron chi connectivity index (χ1n) is 8.63. The summed E-state index contributed by atoms with van der Waals surface area (Å²) in [7, 11) is 1.53. The second kappa shape index (κ2) is 7.49. The maximum atomic E-state index is 13.0. The largest absolute Gasteiger partial charge is 0.497 e. The maximum Gasteiger partial charge on any atom is 0.325 e. The normalized spacial score (nSPS) is 19.0. The molecule has 27 heavy (non-hydrogen) atoms. The Morgan fingerprint density at radius 3 is 2.56 bits per heavy atom. The number of ether oxygens (including phenoxy) is 1. The standard InChI is InChI=1S/C20H21N3O4/c1-3-20(14-8-5-4-6-9-14)18(25)23(19(26)22-20)13-17(24)21-15-10-7-11-16(12-15)27-2/h4-12H,3,13H2,1-2H3,(H,21,24)(H,22,26). The molecule has 1 heterocycles. The van der Waals surface area contributed by atoms with Crippen molar-refractivity contribution in [1.82, 2.24) is 10.2 Å². The van der Waals surface area contributed by atoms with Gasteiger partial charge in [0.05, 0.1) is 7.11 Å². The number of carbonyl (C=O) groups excluding carboxylic acids is 3. The molecule has 1 aliphatic rings. The zero-order valence-corrected chi connectivity index (χ0v) is 15.2. The van der Waals surface area contributed by atoms with Gasteiger partial charge in [-0.1, -0.05) is 43.3 Å². The Bertz CT molecular complexity index is 869. The number of benzene rings is 2. The van der Waals surface area contributed by atoms with E-state index >= 15 is 0 Å². The molecule has 1 aliphatic heterocycles. The van der Waals surface area contributed by atoms with Crippen LogP contribution in [0.5, 0.6) is 5.75 Å². The highest BCUT2D eigenvalue weighted by Crippen LogP contribution is 2.32. The van der Waals surface area contributed by atoms with Crippen molar-refractivity contribution in [2.45, 2.75) is 18.9 Å². The average molecular weight is 367 g/mol. The molecule has 0 aliphatic carbocycles. The van der Waals surface area contributed by atoms with Gasteiger partial charge in [-0.25, -0.2) is 4.79 Å². The molecular weight excluding hydrogens is 346 g/mol. The van der Waals surface area contributed by atoms with Gasteiger partial charge in [-0.2, -0.15) is 0 Å². The number of nitrogens with one attached hydrogen (secondary N) is 2. The Balaban J connectivity index is 1.76. The fraction of sp³-hybridized carbons (Fsp3) is 0.250. The molecule has 140 valence electrons. The lowest BCUT2D eigenvalue weighted by molar-refractivity contribution is -0.134. The minimum absolute atomic E-state index is 0.365. The predicted octanol–water partition coefficient (Wildman–Crippen LogP) is 2.49. The third kappa shape index (κ3) is 3.48. The molecule has 0 aromatic heterocycles. The lowest BCUT2D eigenvalue weighted by atomic mass is 9.87.